The van der Waals surface area contributed by atoms with Crippen LogP contribution in [0.2, 0.25) is 0 Å². The van der Waals surface area contributed by atoms with E-state index in [1.54, 1.807) is 30.3 Å². The molecule has 0 aliphatic carbocycles. The molecule has 0 heterocycles. The summed E-state index contributed by atoms with van der Waals surface area (Å²) in [6, 6.07) is 12.2. The Morgan fingerprint density at radius 1 is 1.20 bits per heavy atom. The van der Waals surface area contributed by atoms with Gasteiger partial charge in [-0.1, -0.05) is 6.07 Å². The summed E-state index contributed by atoms with van der Waals surface area (Å²) < 4.78 is 5.70. The van der Waals surface area contributed by atoms with E-state index < -0.39 is 0 Å². The van der Waals surface area contributed by atoms with E-state index in [1.807, 2.05) is 13.0 Å². The molecule has 100 valence electrons. The first kappa shape index (κ1) is 13.6. The van der Waals surface area contributed by atoms with Crippen LogP contribution in [0.25, 0.3) is 0 Å². The summed E-state index contributed by atoms with van der Waals surface area (Å²) in [6.45, 7) is 3.34. The predicted octanol–water partition coefficient (Wildman–Crippen LogP) is 3.44. The standard InChI is InChI=1S/C16H14N2O2/c1-10-3-5-15(12(7-10)9-17)20-16-6-4-13(18)8-14(16)11(2)19/h3-8H,18H2,1-2H3. The van der Waals surface area contributed by atoms with Crippen molar-refractivity contribution in [3.63, 3.8) is 0 Å². The molecule has 0 atom stereocenters. The van der Waals surface area contributed by atoms with Gasteiger partial charge >= 0.3 is 0 Å². The lowest BCUT2D eigenvalue weighted by Crippen LogP contribution is -2.00. The van der Waals surface area contributed by atoms with Gasteiger partial charge in [0.2, 0.25) is 0 Å². The molecule has 20 heavy (non-hydrogen) atoms. The third-order valence-corrected chi connectivity index (χ3v) is 2.86. The minimum absolute atomic E-state index is 0.141. The van der Waals surface area contributed by atoms with Gasteiger partial charge in [-0.15, -0.1) is 0 Å². The highest BCUT2D eigenvalue weighted by molar-refractivity contribution is 5.97. The van der Waals surface area contributed by atoms with E-state index >= 15 is 0 Å². The SMILES string of the molecule is CC(=O)c1cc(N)ccc1Oc1ccc(C)cc1C#N. The Hall–Kier alpha value is -2.80. The van der Waals surface area contributed by atoms with E-state index in [-0.39, 0.29) is 5.78 Å². The lowest BCUT2D eigenvalue weighted by Gasteiger charge is -2.11. The molecule has 0 saturated heterocycles. The molecule has 0 saturated carbocycles. The maximum absolute atomic E-state index is 11.6. The van der Waals surface area contributed by atoms with Crippen LogP contribution in [0.4, 0.5) is 5.69 Å². The summed E-state index contributed by atoms with van der Waals surface area (Å²) in [6.07, 6.45) is 0. The second-order valence-corrected chi connectivity index (χ2v) is 4.53. The molecule has 2 N–H and O–H groups in total. The third kappa shape index (κ3) is 2.78. The molecule has 0 radical (unpaired) electrons. The van der Waals surface area contributed by atoms with Crippen molar-refractivity contribution in [2.45, 2.75) is 13.8 Å². The van der Waals surface area contributed by atoms with Crippen molar-refractivity contribution < 1.29 is 9.53 Å². The summed E-state index contributed by atoms with van der Waals surface area (Å²) in [7, 11) is 0. The van der Waals surface area contributed by atoms with Crippen LogP contribution in [0, 0.1) is 18.3 Å². The van der Waals surface area contributed by atoms with Crippen LogP contribution < -0.4 is 10.5 Å². The number of aryl methyl sites for hydroxylation is 1. The van der Waals surface area contributed by atoms with Crippen molar-refractivity contribution in [3.8, 4) is 17.6 Å². The number of hydrogen-bond donors (Lipinski definition) is 1. The molecule has 4 nitrogen and oxygen atoms in total. The number of nitrogens with two attached hydrogens (primary N) is 1. The molecular formula is C16H14N2O2. The quantitative estimate of drug-likeness (QED) is 0.682. The Balaban J connectivity index is 2.45. The van der Waals surface area contributed by atoms with Crippen molar-refractivity contribution in [1.82, 2.24) is 0 Å². The smallest absolute Gasteiger partial charge is 0.163 e. The zero-order chi connectivity index (χ0) is 14.7. The number of carbonyl (C=O) groups is 1. The number of rotatable bonds is 3. The molecule has 0 aliphatic rings. The summed E-state index contributed by atoms with van der Waals surface area (Å²) in [5.41, 5.74) is 7.96. The van der Waals surface area contributed by atoms with Gasteiger partial charge in [-0.2, -0.15) is 5.26 Å². The number of ether oxygens (including phenoxy) is 1. The number of ketones is 1. The first-order chi connectivity index (χ1) is 9.51. The minimum atomic E-state index is -0.141. The molecule has 2 aromatic carbocycles. The topological polar surface area (TPSA) is 76.1 Å². The zero-order valence-corrected chi connectivity index (χ0v) is 11.3. The highest BCUT2D eigenvalue weighted by Crippen LogP contribution is 2.30. The van der Waals surface area contributed by atoms with E-state index in [1.165, 1.54) is 6.92 Å². The highest BCUT2D eigenvalue weighted by Gasteiger charge is 2.12. The monoisotopic (exact) mass is 266 g/mol. The van der Waals surface area contributed by atoms with Gasteiger partial charge in [0.05, 0.1) is 11.1 Å². The fourth-order valence-electron chi connectivity index (χ4n) is 1.85. The number of nitrogens with zero attached hydrogens (tertiary/aromatic N) is 1. The van der Waals surface area contributed by atoms with Gasteiger partial charge in [-0.05, 0) is 49.7 Å². The minimum Gasteiger partial charge on any atom is -0.455 e. The van der Waals surface area contributed by atoms with Crippen molar-refractivity contribution in [2.24, 2.45) is 0 Å². The van der Waals surface area contributed by atoms with Gasteiger partial charge < -0.3 is 10.5 Å². The maximum Gasteiger partial charge on any atom is 0.163 e. The molecule has 0 bridgehead atoms. The van der Waals surface area contributed by atoms with E-state index in [0.29, 0.717) is 28.3 Å². The average molecular weight is 266 g/mol. The fourth-order valence-corrected chi connectivity index (χ4v) is 1.85. The molecule has 0 fully saturated rings. The normalized spacial score (nSPS) is 9.85. The lowest BCUT2D eigenvalue weighted by atomic mass is 10.1. The number of hydrogen-bond acceptors (Lipinski definition) is 4. The number of anilines is 1. The Morgan fingerprint density at radius 2 is 1.90 bits per heavy atom. The molecule has 0 unspecified atom stereocenters. The Labute approximate surface area is 117 Å². The number of benzene rings is 2. The van der Waals surface area contributed by atoms with E-state index in [9.17, 15) is 4.79 Å². The van der Waals surface area contributed by atoms with Crippen LogP contribution in [0.1, 0.15) is 28.4 Å². The molecule has 0 aromatic heterocycles. The largest absolute Gasteiger partial charge is 0.455 e. The molecule has 0 spiro atoms. The van der Waals surface area contributed by atoms with Crippen LogP contribution in [0.15, 0.2) is 36.4 Å². The molecule has 2 rings (SSSR count). The van der Waals surface area contributed by atoms with Crippen molar-refractivity contribution in [3.05, 3.63) is 53.1 Å². The zero-order valence-electron chi connectivity index (χ0n) is 11.3. The van der Waals surface area contributed by atoms with E-state index in [4.69, 9.17) is 15.7 Å². The Morgan fingerprint density at radius 3 is 2.55 bits per heavy atom. The highest BCUT2D eigenvalue weighted by atomic mass is 16.5. The lowest BCUT2D eigenvalue weighted by molar-refractivity contribution is 0.101. The van der Waals surface area contributed by atoms with Crippen LogP contribution in [0.3, 0.4) is 0 Å². The van der Waals surface area contributed by atoms with Gasteiger partial charge in [0.25, 0.3) is 0 Å². The van der Waals surface area contributed by atoms with Crippen LogP contribution >= 0.6 is 0 Å². The molecule has 2 aromatic rings. The molecule has 0 aliphatic heterocycles. The van der Waals surface area contributed by atoms with Gasteiger partial charge in [0, 0.05) is 5.69 Å². The van der Waals surface area contributed by atoms with Crippen LogP contribution in [-0.2, 0) is 0 Å². The van der Waals surface area contributed by atoms with E-state index in [0.717, 1.165) is 5.56 Å². The van der Waals surface area contributed by atoms with Crippen molar-refractivity contribution in [1.29, 1.82) is 5.26 Å². The number of nitriles is 1. The third-order valence-electron chi connectivity index (χ3n) is 2.86. The van der Waals surface area contributed by atoms with Crippen LogP contribution in [0.5, 0.6) is 11.5 Å². The van der Waals surface area contributed by atoms with Crippen molar-refractivity contribution in [2.75, 3.05) is 5.73 Å². The Bertz CT molecular complexity index is 715. The molecule has 0 amide bonds. The van der Waals surface area contributed by atoms with Gasteiger partial charge in [-0.25, -0.2) is 0 Å². The number of carbonyl (C=O) groups excluding carboxylic acids is 1. The second kappa shape index (κ2) is 5.45. The first-order valence-electron chi connectivity index (χ1n) is 6.10. The van der Waals surface area contributed by atoms with E-state index in [2.05, 4.69) is 6.07 Å². The van der Waals surface area contributed by atoms with Gasteiger partial charge in [0.15, 0.2) is 5.78 Å². The predicted molar refractivity (Wildman–Crippen MR) is 76.8 cm³/mol. The maximum atomic E-state index is 11.6. The molecular weight excluding hydrogens is 252 g/mol. The average Bonchev–Trinajstić information content (AvgIpc) is 2.42. The summed E-state index contributed by atoms with van der Waals surface area (Å²) in [5, 5.41) is 9.13. The fraction of sp³-hybridized carbons (Fsp3) is 0.125. The summed E-state index contributed by atoms with van der Waals surface area (Å²) in [4.78, 5) is 11.6. The summed E-state index contributed by atoms with van der Waals surface area (Å²) >= 11 is 0. The number of Topliss-reactive ketones (excluding diaryl/α,β-unsaturated/α-hetero) is 1. The van der Waals surface area contributed by atoms with Gasteiger partial charge in [-0.3, -0.25) is 4.79 Å². The second-order valence-electron chi connectivity index (χ2n) is 4.53. The molecule has 4 heteroatoms. The van der Waals surface area contributed by atoms with Gasteiger partial charge in [0.1, 0.15) is 17.6 Å². The van der Waals surface area contributed by atoms with Crippen molar-refractivity contribution >= 4 is 11.5 Å². The van der Waals surface area contributed by atoms with Crippen LogP contribution in [-0.4, -0.2) is 5.78 Å². The Kier molecular flexibility index (Phi) is 3.72. The first-order valence-corrected chi connectivity index (χ1v) is 6.10. The number of nitrogen functional groups attached to an aromatic ring is 1. The summed E-state index contributed by atoms with van der Waals surface area (Å²) in [5.74, 6) is 0.676.